The maximum Gasteiger partial charge on any atom is 0.168 e. The minimum Gasteiger partial charge on any atom is -0.511 e. The summed E-state index contributed by atoms with van der Waals surface area (Å²) in [4.78, 5) is 16.8. The van der Waals surface area contributed by atoms with Gasteiger partial charge in [-0.25, -0.2) is 0 Å². The van der Waals surface area contributed by atoms with E-state index in [1.54, 1.807) is 0 Å². The number of ketones is 1. The van der Waals surface area contributed by atoms with Gasteiger partial charge in [0.1, 0.15) is 5.76 Å². The van der Waals surface area contributed by atoms with Crippen LogP contribution in [0.25, 0.3) is 0 Å². The van der Waals surface area contributed by atoms with Crippen molar-refractivity contribution in [3.8, 4) is 0 Å². The van der Waals surface area contributed by atoms with E-state index < -0.39 is 0 Å². The molecule has 2 aliphatic carbocycles. The van der Waals surface area contributed by atoms with Gasteiger partial charge < -0.3 is 10.4 Å². The Bertz CT molecular complexity index is 486. The number of aliphatic imine (C=N–C) groups is 1. The standard InChI is InChI=1S/C19H32N2O2/c1-14(18-16(22)12-19(2,3)13-17(18)23)20-10-7-11-21-15-8-5-4-6-9-15/h15,21-22H,4-13H2,1-3H3. The van der Waals surface area contributed by atoms with E-state index in [2.05, 4.69) is 10.3 Å². The van der Waals surface area contributed by atoms with Gasteiger partial charge in [0.2, 0.25) is 0 Å². The van der Waals surface area contributed by atoms with Crippen molar-refractivity contribution < 1.29 is 9.90 Å². The maximum atomic E-state index is 12.2. The summed E-state index contributed by atoms with van der Waals surface area (Å²) in [7, 11) is 0. The molecule has 4 heteroatoms. The fourth-order valence-electron chi connectivity index (χ4n) is 3.72. The Morgan fingerprint density at radius 2 is 1.96 bits per heavy atom. The minimum atomic E-state index is -0.144. The monoisotopic (exact) mass is 320 g/mol. The zero-order valence-electron chi connectivity index (χ0n) is 15.0. The third-order valence-electron chi connectivity index (χ3n) is 4.94. The van der Waals surface area contributed by atoms with Gasteiger partial charge in [-0.2, -0.15) is 0 Å². The highest BCUT2D eigenvalue weighted by Gasteiger charge is 2.33. The van der Waals surface area contributed by atoms with Gasteiger partial charge in [0.05, 0.1) is 5.57 Å². The second kappa shape index (κ2) is 8.09. The van der Waals surface area contributed by atoms with Crippen LogP contribution in [0.3, 0.4) is 0 Å². The Morgan fingerprint density at radius 1 is 1.26 bits per heavy atom. The van der Waals surface area contributed by atoms with Crippen molar-refractivity contribution in [2.75, 3.05) is 13.1 Å². The molecule has 0 heterocycles. The van der Waals surface area contributed by atoms with E-state index in [4.69, 9.17) is 0 Å². The Kier molecular flexibility index (Phi) is 6.40. The van der Waals surface area contributed by atoms with Crippen molar-refractivity contribution >= 4 is 11.5 Å². The lowest BCUT2D eigenvalue weighted by Crippen LogP contribution is -2.32. The van der Waals surface area contributed by atoms with Gasteiger partial charge in [-0.05, 0) is 38.1 Å². The molecule has 0 unspecified atom stereocenters. The average Bonchev–Trinajstić information content (AvgIpc) is 2.45. The molecule has 0 aliphatic heterocycles. The molecular formula is C19H32N2O2. The summed E-state index contributed by atoms with van der Waals surface area (Å²) in [5.74, 6) is 0.244. The Morgan fingerprint density at radius 3 is 2.61 bits per heavy atom. The molecule has 1 saturated carbocycles. The molecular weight excluding hydrogens is 288 g/mol. The zero-order valence-corrected chi connectivity index (χ0v) is 15.0. The number of aliphatic hydroxyl groups is 1. The molecule has 2 N–H and O–H groups in total. The summed E-state index contributed by atoms with van der Waals surface area (Å²) < 4.78 is 0. The smallest absolute Gasteiger partial charge is 0.168 e. The summed E-state index contributed by atoms with van der Waals surface area (Å²) in [6, 6.07) is 0.683. The predicted octanol–water partition coefficient (Wildman–Crippen LogP) is 3.96. The molecule has 0 spiro atoms. The summed E-state index contributed by atoms with van der Waals surface area (Å²) in [6.07, 6.45) is 8.70. The summed E-state index contributed by atoms with van der Waals surface area (Å²) in [5, 5.41) is 13.8. The largest absolute Gasteiger partial charge is 0.511 e. The summed E-state index contributed by atoms with van der Waals surface area (Å²) in [5.41, 5.74) is 1.01. The number of hydrogen-bond donors (Lipinski definition) is 2. The van der Waals surface area contributed by atoms with Crippen LogP contribution in [0.4, 0.5) is 0 Å². The van der Waals surface area contributed by atoms with Crippen molar-refractivity contribution in [3.63, 3.8) is 0 Å². The third kappa shape index (κ3) is 5.45. The van der Waals surface area contributed by atoms with Crippen LogP contribution in [-0.4, -0.2) is 35.7 Å². The van der Waals surface area contributed by atoms with E-state index >= 15 is 0 Å². The normalized spacial score (nSPS) is 23.4. The molecule has 23 heavy (non-hydrogen) atoms. The van der Waals surface area contributed by atoms with Crippen molar-refractivity contribution in [1.29, 1.82) is 0 Å². The first-order valence-electron chi connectivity index (χ1n) is 9.09. The highest BCUT2D eigenvalue weighted by molar-refractivity contribution is 6.22. The maximum absolute atomic E-state index is 12.2. The van der Waals surface area contributed by atoms with Gasteiger partial charge >= 0.3 is 0 Å². The zero-order chi connectivity index (χ0) is 16.9. The number of aliphatic hydroxyl groups excluding tert-OH is 1. The molecule has 0 radical (unpaired) electrons. The Hall–Kier alpha value is -1.16. The molecule has 0 amide bonds. The lowest BCUT2D eigenvalue weighted by atomic mass is 9.76. The second-order valence-corrected chi connectivity index (χ2v) is 7.87. The molecule has 0 saturated heterocycles. The lowest BCUT2D eigenvalue weighted by molar-refractivity contribution is -0.117. The number of hydrogen-bond acceptors (Lipinski definition) is 4. The average molecular weight is 320 g/mol. The van der Waals surface area contributed by atoms with Crippen molar-refractivity contribution in [2.24, 2.45) is 10.4 Å². The van der Waals surface area contributed by atoms with Crippen LogP contribution in [0.1, 0.15) is 72.1 Å². The van der Waals surface area contributed by atoms with Crippen LogP contribution >= 0.6 is 0 Å². The highest BCUT2D eigenvalue weighted by atomic mass is 16.3. The van der Waals surface area contributed by atoms with Gasteiger partial charge in [-0.1, -0.05) is 33.1 Å². The van der Waals surface area contributed by atoms with Crippen LogP contribution in [-0.2, 0) is 4.79 Å². The van der Waals surface area contributed by atoms with E-state index in [9.17, 15) is 9.90 Å². The molecule has 0 aromatic carbocycles. The number of nitrogens with one attached hydrogen (secondary N) is 1. The topological polar surface area (TPSA) is 61.7 Å². The predicted molar refractivity (Wildman–Crippen MR) is 95.1 cm³/mol. The number of allylic oxidation sites excluding steroid dienone is 2. The summed E-state index contributed by atoms with van der Waals surface area (Å²) in [6.45, 7) is 7.56. The molecule has 0 aromatic rings. The van der Waals surface area contributed by atoms with Crippen molar-refractivity contribution in [2.45, 2.75) is 78.2 Å². The molecule has 1 fully saturated rings. The van der Waals surface area contributed by atoms with Crippen LogP contribution in [0.5, 0.6) is 0 Å². The number of nitrogens with zero attached hydrogens (tertiary/aromatic N) is 1. The highest BCUT2D eigenvalue weighted by Crippen LogP contribution is 2.36. The van der Waals surface area contributed by atoms with E-state index in [-0.39, 0.29) is 17.0 Å². The molecule has 130 valence electrons. The van der Waals surface area contributed by atoms with Crippen molar-refractivity contribution in [3.05, 3.63) is 11.3 Å². The van der Waals surface area contributed by atoms with E-state index in [1.807, 2.05) is 20.8 Å². The molecule has 2 aliphatic rings. The van der Waals surface area contributed by atoms with Crippen LogP contribution < -0.4 is 5.32 Å². The van der Waals surface area contributed by atoms with Crippen molar-refractivity contribution in [1.82, 2.24) is 5.32 Å². The van der Waals surface area contributed by atoms with Gasteiger partial charge in [-0.3, -0.25) is 9.79 Å². The number of Topliss-reactive ketones (excluding diaryl/α,β-unsaturated/α-hetero) is 1. The van der Waals surface area contributed by atoms with E-state index in [1.165, 1.54) is 32.1 Å². The number of carbonyl (C=O) groups excluding carboxylic acids is 1. The molecule has 4 nitrogen and oxygen atoms in total. The lowest BCUT2D eigenvalue weighted by Gasteiger charge is -2.29. The first-order valence-corrected chi connectivity index (χ1v) is 9.09. The quantitative estimate of drug-likeness (QED) is 0.575. The van der Waals surface area contributed by atoms with Gasteiger partial charge in [0, 0.05) is 31.1 Å². The Balaban J connectivity index is 1.79. The SMILES string of the molecule is CC(=NCCCNC1CCCCC1)C1=C(O)CC(C)(C)CC1=O. The molecule has 0 bridgehead atoms. The van der Waals surface area contributed by atoms with E-state index in [0.29, 0.717) is 36.7 Å². The van der Waals surface area contributed by atoms with E-state index in [0.717, 1.165) is 13.0 Å². The molecule has 0 aromatic heterocycles. The third-order valence-corrected chi connectivity index (χ3v) is 4.94. The van der Waals surface area contributed by atoms with Crippen LogP contribution in [0.2, 0.25) is 0 Å². The molecule has 2 rings (SSSR count). The number of rotatable bonds is 6. The minimum absolute atomic E-state index is 0.0281. The summed E-state index contributed by atoms with van der Waals surface area (Å²) >= 11 is 0. The van der Waals surface area contributed by atoms with Crippen LogP contribution in [0, 0.1) is 5.41 Å². The molecule has 0 atom stereocenters. The number of carbonyl (C=O) groups is 1. The first kappa shape index (κ1) is 18.2. The fourth-order valence-corrected chi connectivity index (χ4v) is 3.72. The second-order valence-electron chi connectivity index (χ2n) is 7.87. The van der Waals surface area contributed by atoms with Gasteiger partial charge in [0.25, 0.3) is 0 Å². The fraction of sp³-hybridized carbons (Fsp3) is 0.789. The van der Waals surface area contributed by atoms with Gasteiger partial charge in [-0.15, -0.1) is 0 Å². The Labute approximate surface area is 140 Å². The van der Waals surface area contributed by atoms with Gasteiger partial charge in [0.15, 0.2) is 5.78 Å². The first-order chi connectivity index (χ1) is 10.9. The van der Waals surface area contributed by atoms with Crippen LogP contribution in [0.15, 0.2) is 16.3 Å².